The molecule has 0 radical (unpaired) electrons. The number of aryl methyl sites for hydroxylation is 1. The van der Waals surface area contributed by atoms with Crippen LogP contribution in [0, 0.1) is 0 Å². The van der Waals surface area contributed by atoms with Gasteiger partial charge in [-0.1, -0.05) is 39.0 Å². The summed E-state index contributed by atoms with van der Waals surface area (Å²) in [6.07, 6.45) is 2.17. The van der Waals surface area contributed by atoms with Crippen LogP contribution in [-0.4, -0.2) is 17.7 Å². The zero-order valence-electron chi connectivity index (χ0n) is 13.7. The van der Waals surface area contributed by atoms with E-state index in [1.54, 1.807) is 0 Å². The summed E-state index contributed by atoms with van der Waals surface area (Å²) < 4.78 is 10.0. The highest BCUT2D eigenvalue weighted by Crippen LogP contribution is 2.23. The number of hydrogen-bond donors (Lipinski definition) is 1. The summed E-state index contributed by atoms with van der Waals surface area (Å²) >= 11 is 0. The molecule has 1 aliphatic rings. The molecule has 1 fully saturated rings. The number of para-hydroxylation sites is 1. The van der Waals surface area contributed by atoms with Crippen LogP contribution in [-0.2, 0) is 25.5 Å². The van der Waals surface area contributed by atoms with Gasteiger partial charge in [0.2, 0.25) is 0 Å². The molecule has 5 heteroatoms. The molecule has 0 aliphatic carbocycles. The van der Waals surface area contributed by atoms with Gasteiger partial charge in [-0.15, -0.1) is 0 Å². The van der Waals surface area contributed by atoms with Crippen molar-refractivity contribution in [3.05, 3.63) is 41.6 Å². The number of ether oxygens (including phenoxy) is 2. The van der Waals surface area contributed by atoms with E-state index in [-0.39, 0.29) is 5.57 Å². The number of esters is 2. The first kappa shape index (κ1) is 17.8. The second-order valence-corrected chi connectivity index (χ2v) is 4.89. The molecule has 5 nitrogen and oxygen atoms in total. The molecule has 0 unspecified atom stereocenters. The number of cyclic esters (lactones) is 2. The number of anilines is 1. The molecule has 0 bridgehead atoms. The Morgan fingerprint density at radius 2 is 1.64 bits per heavy atom. The zero-order valence-corrected chi connectivity index (χ0v) is 13.7. The second-order valence-electron chi connectivity index (χ2n) is 4.89. The fraction of sp³-hybridized carbons (Fsp3) is 0.412. The predicted octanol–water partition coefficient (Wildman–Crippen LogP) is 3.41. The van der Waals surface area contributed by atoms with Gasteiger partial charge in [-0.2, -0.15) is 0 Å². The van der Waals surface area contributed by atoms with Gasteiger partial charge < -0.3 is 14.8 Å². The lowest BCUT2D eigenvalue weighted by Gasteiger charge is -2.29. The molecule has 1 aromatic rings. The maximum Gasteiger partial charge on any atom is 0.350 e. The van der Waals surface area contributed by atoms with Crippen molar-refractivity contribution in [3.8, 4) is 0 Å². The third-order valence-electron chi connectivity index (χ3n) is 2.89. The Morgan fingerprint density at radius 1 is 1.09 bits per heavy atom. The third kappa shape index (κ3) is 4.35. The summed E-state index contributed by atoms with van der Waals surface area (Å²) in [5.41, 5.74) is 1.78. The maximum absolute atomic E-state index is 11.8. The van der Waals surface area contributed by atoms with Gasteiger partial charge in [0.1, 0.15) is 0 Å². The molecule has 1 heterocycles. The molecule has 1 aromatic carbocycles. The number of hydrogen-bond acceptors (Lipinski definition) is 5. The quantitative estimate of drug-likeness (QED) is 0.527. The molecule has 0 aromatic heterocycles. The minimum atomic E-state index is -1.22. The average molecular weight is 305 g/mol. The van der Waals surface area contributed by atoms with Crippen LogP contribution >= 0.6 is 0 Å². The van der Waals surface area contributed by atoms with Gasteiger partial charge >= 0.3 is 11.9 Å². The molecule has 0 amide bonds. The Hall–Kier alpha value is -2.30. The highest BCUT2D eigenvalue weighted by Gasteiger charge is 2.38. The van der Waals surface area contributed by atoms with Gasteiger partial charge in [0.25, 0.3) is 5.79 Å². The summed E-state index contributed by atoms with van der Waals surface area (Å²) in [7, 11) is 0. The fourth-order valence-corrected chi connectivity index (χ4v) is 1.90. The normalized spacial score (nSPS) is 16.0. The third-order valence-corrected chi connectivity index (χ3v) is 2.89. The Balaban J connectivity index is 0.00000116. The van der Waals surface area contributed by atoms with Crippen LogP contribution < -0.4 is 5.32 Å². The van der Waals surface area contributed by atoms with Crippen molar-refractivity contribution in [2.24, 2.45) is 0 Å². The maximum atomic E-state index is 11.8. The smallest absolute Gasteiger partial charge is 0.350 e. The minimum absolute atomic E-state index is 0.143. The molecule has 0 atom stereocenters. The predicted molar refractivity (Wildman–Crippen MR) is 85.1 cm³/mol. The molecular formula is C17H23NO4. The van der Waals surface area contributed by atoms with Crippen LogP contribution in [0.5, 0.6) is 0 Å². The SMILES string of the molecule is CC.CCc1ccccc1NC=C1C(=O)OC(C)(C)OC1=O. The molecule has 1 saturated heterocycles. The monoisotopic (exact) mass is 305 g/mol. The van der Waals surface area contributed by atoms with Crippen LogP contribution in [0.1, 0.15) is 40.2 Å². The summed E-state index contributed by atoms with van der Waals surface area (Å²) in [6.45, 7) is 9.05. The van der Waals surface area contributed by atoms with Crippen LogP contribution in [0.2, 0.25) is 0 Å². The Kier molecular flexibility index (Phi) is 6.16. The lowest BCUT2D eigenvalue weighted by atomic mass is 10.1. The number of carbonyl (C=O) groups excluding carboxylic acids is 2. The van der Waals surface area contributed by atoms with Gasteiger partial charge in [0.05, 0.1) is 0 Å². The Labute approximate surface area is 131 Å². The number of benzene rings is 1. The first-order chi connectivity index (χ1) is 10.4. The van der Waals surface area contributed by atoms with Gasteiger partial charge in [-0.3, -0.25) is 0 Å². The Morgan fingerprint density at radius 3 is 2.18 bits per heavy atom. The van der Waals surface area contributed by atoms with Crippen molar-refractivity contribution < 1.29 is 19.1 Å². The topological polar surface area (TPSA) is 64.6 Å². The molecule has 0 spiro atoms. The zero-order chi connectivity index (χ0) is 16.8. The van der Waals surface area contributed by atoms with Gasteiger partial charge in [0.15, 0.2) is 5.57 Å². The Bertz CT molecular complexity index is 554. The van der Waals surface area contributed by atoms with Crippen molar-refractivity contribution in [1.29, 1.82) is 0 Å². The van der Waals surface area contributed by atoms with E-state index in [9.17, 15) is 9.59 Å². The van der Waals surface area contributed by atoms with E-state index in [1.165, 1.54) is 20.0 Å². The van der Waals surface area contributed by atoms with Gasteiger partial charge in [0, 0.05) is 25.7 Å². The van der Waals surface area contributed by atoms with E-state index in [0.29, 0.717) is 0 Å². The highest BCUT2D eigenvalue weighted by atomic mass is 16.7. The van der Waals surface area contributed by atoms with Crippen molar-refractivity contribution in [2.45, 2.75) is 46.8 Å². The molecule has 2 rings (SSSR count). The van der Waals surface area contributed by atoms with E-state index in [4.69, 9.17) is 9.47 Å². The van der Waals surface area contributed by atoms with E-state index in [2.05, 4.69) is 5.32 Å². The number of carbonyl (C=O) groups is 2. The van der Waals surface area contributed by atoms with Crippen molar-refractivity contribution in [1.82, 2.24) is 0 Å². The van der Waals surface area contributed by atoms with E-state index in [0.717, 1.165) is 17.7 Å². The van der Waals surface area contributed by atoms with Gasteiger partial charge in [-0.05, 0) is 18.1 Å². The van der Waals surface area contributed by atoms with Gasteiger partial charge in [-0.25, -0.2) is 9.59 Å². The number of rotatable bonds is 3. The number of nitrogens with one attached hydrogen (secondary N) is 1. The van der Waals surface area contributed by atoms with Crippen LogP contribution in [0.15, 0.2) is 36.0 Å². The minimum Gasteiger partial charge on any atom is -0.419 e. The van der Waals surface area contributed by atoms with E-state index < -0.39 is 17.7 Å². The summed E-state index contributed by atoms with van der Waals surface area (Å²) in [5.74, 6) is -2.59. The standard InChI is InChI=1S/C15H17NO4.C2H6/c1-4-10-7-5-6-8-12(10)16-9-11-13(17)19-15(2,3)20-14(11)18;1-2/h5-9,16H,4H2,1-3H3;1-2H3. The molecule has 1 aliphatic heterocycles. The summed E-state index contributed by atoms with van der Waals surface area (Å²) in [4.78, 5) is 23.5. The highest BCUT2D eigenvalue weighted by molar-refractivity contribution is 6.15. The summed E-state index contributed by atoms with van der Waals surface area (Å²) in [5, 5.41) is 2.96. The van der Waals surface area contributed by atoms with Crippen molar-refractivity contribution in [3.63, 3.8) is 0 Å². The molecule has 1 N–H and O–H groups in total. The molecule has 22 heavy (non-hydrogen) atoms. The first-order valence-corrected chi connectivity index (χ1v) is 7.44. The van der Waals surface area contributed by atoms with Crippen LogP contribution in [0.3, 0.4) is 0 Å². The fourth-order valence-electron chi connectivity index (χ4n) is 1.90. The van der Waals surface area contributed by atoms with E-state index >= 15 is 0 Å². The van der Waals surface area contributed by atoms with Crippen LogP contribution in [0.25, 0.3) is 0 Å². The molecular weight excluding hydrogens is 282 g/mol. The summed E-state index contributed by atoms with van der Waals surface area (Å²) in [6, 6.07) is 7.66. The second kappa shape index (κ2) is 7.64. The average Bonchev–Trinajstić information content (AvgIpc) is 2.47. The molecule has 0 saturated carbocycles. The van der Waals surface area contributed by atoms with Crippen LogP contribution in [0.4, 0.5) is 5.69 Å². The lowest BCUT2D eigenvalue weighted by Crippen LogP contribution is -2.42. The molecule has 120 valence electrons. The lowest BCUT2D eigenvalue weighted by molar-refractivity contribution is -0.222. The van der Waals surface area contributed by atoms with Crippen molar-refractivity contribution >= 4 is 17.6 Å². The van der Waals surface area contributed by atoms with E-state index in [1.807, 2.05) is 45.0 Å². The first-order valence-electron chi connectivity index (χ1n) is 7.44. The van der Waals surface area contributed by atoms with Crippen molar-refractivity contribution in [2.75, 3.05) is 5.32 Å². The largest absolute Gasteiger partial charge is 0.419 e.